The third-order valence-electron chi connectivity index (χ3n) is 5.09. The summed E-state index contributed by atoms with van der Waals surface area (Å²) in [4.78, 5) is 19.4. The highest BCUT2D eigenvalue weighted by Crippen LogP contribution is 2.17. The Hall–Kier alpha value is -3.15. The van der Waals surface area contributed by atoms with Gasteiger partial charge >= 0.3 is 0 Å². The van der Waals surface area contributed by atoms with Crippen molar-refractivity contribution >= 4 is 11.7 Å². The van der Waals surface area contributed by atoms with Crippen LogP contribution in [0, 0.1) is 0 Å². The van der Waals surface area contributed by atoms with E-state index in [0.29, 0.717) is 12.1 Å². The molecule has 0 saturated carbocycles. The Labute approximate surface area is 165 Å². The zero-order chi connectivity index (χ0) is 19.2. The summed E-state index contributed by atoms with van der Waals surface area (Å²) < 4.78 is 1.76. The molecular weight excluding hydrogens is 350 g/mol. The number of anilines is 1. The third-order valence-corrected chi connectivity index (χ3v) is 5.09. The van der Waals surface area contributed by atoms with Crippen molar-refractivity contribution in [2.45, 2.75) is 32.2 Å². The quantitative estimate of drug-likeness (QED) is 0.740. The lowest BCUT2D eigenvalue weighted by Gasteiger charge is -2.21. The first-order valence-corrected chi connectivity index (χ1v) is 9.88. The van der Waals surface area contributed by atoms with E-state index < -0.39 is 0 Å². The predicted molar refractivity (Wildman–Crippen MR) is 110 cm³/mol. The largest absolute Gasteiger partial charge is 0.357 e. The fourth-order valence-electron chi connectivity index (χ4n) is 3.48. The molecule has 0 radical (unpaired) electrons. The van der Waals surface area contributed by atoms with E-state index in [9.17, 15) is 4.79 Å². The van der Waals surface area contributed by atoms with Gasteiger partial charge in [0, 0.05) is 43.8 Å². The summed E-state index contributed by atoms with van der Waals surface area (Å²) in [5.41, 5.74) is 2.56. The molecule has 0 bridgehead atoms. The fourth-order valence-corrected chi connectivity index (χ4v) is 3.48. The molecule has 1 aliphatic heterocycles. The standard InChI is InChI=1S/C22H25N5O/c28-22(19-7-9-20(10-8-19)27-15-5-12-25-27)24-17-18-6-11-21(23-16-18)26-13-3-1-2-4-14-26/h5-12,15-16H,1-4,13-14,17H2,(H,24,28). The van der Waals surface area contributed by atoms with Crippen LogP contribution in [-0.4, -0.2) is 33.8 Å². The van der Waals surface area contributed by atoms with E-state index in [1.54, 1.807) is 10.9 Å². The molecule has 3 heterocycles. The first kappa shape index (κ1) is 18.2. The third kappa shape index (κ3) is 4.39. The van der Waals surface area contributed by atoms with Crippen LogP contribution in [0.1, 0.15) is 41.6 Å². The molecule has 1 N–H and O–H groups in total. The molecule has 0 spiro atoms. The van der Waals surface area contributed by atoms with E-state index >= 15 is 0 Å². The van der Waals surface area contributed by atoms with Gasteiger partial charge in [0.2, 0.25) is 0 Å². The number of carbonyl (C=O) groups is 1. The van der Waals surface area contributed by atoms with Gasteiger partial charge in [-0.15, -0.1) is 0 Å². The molecule has 0 aliphatic carbocycles. The number of rotatable bonds is 5. The van der Waals surface area contributed by atoms with Crippen LogP contribution in [0.25, 0.3) is 5.69 Å². The van der Waals surface area contributed by atoms with Gasteiger partial charge in [-0.05, 0) is 54.8 Å². The summed E-state index contributed by atoms with van der Waals surface area (Å²) in [6.07, 6.45) is 10.6. The first-order chi connectivity index (χ1) is 13.8. The molecule has 4 rings (SSSR count). The van der Waals surface area contributed by atoms with E-state index in [2.05, 4.69) is 26.4 Å². The van der Waals surface area contributed by atoms with Crippen LogP contribution in [0.3, 0.4) is 0 Å². The summed E-state index contributed by atoms with van der Waals surface area (Å²) in [5, 5.41) is 7.15. The maximum absolute atomic E-state index is 12.4. The Balaban J connectivity index is 1.33. The monoisotopic (exact) mass is 375 g/mol. The lowest BCUT2D eigenvalue weighted by atomic mass is 10.2. The van der Waals surface area contributed by atoms with Crippen LogP contribution in [0.15, 0.2) is 61.1 Å². The van der Waals surface area contributed by atoms with Crippen molar-refractivity contribution in [3.8, 4) is 5.69 Å². The minimum atomic E-state index is -0.0939. The molecule has 28 heavy (non-hydrogen) atoms. The van der Waals surface area contributed by atoms with Gasteiger partial charge in [0.1, 0.15) is 5.82 Å². The van der Waals surface area contributed by atoms with Crippen LogP contribution in [0.4, 0.5) is 5.82 Å². The maximum atomic E-state index is 12.4. The van der Waals surface area contributed by atoms with Gasteiger partial charge in [0.25, 0.3) is 5.91 Å². The molecule has 1 amide bonds. The molecule has 1 fully saturated rings. The Kier molecular flexibility index (Phi) is 5.66. The van der Waals surface area contributed by atoms with Crippen LogP contribution < -0.4 is 10.2 Å². The van der Waals surface area contributed by atoms with E-state index in [1.807, 2.05) is 48.8 Å². The fraction of sp³-hybridized carbons (Fsp3) is 0.318. The first-order valence-electron chi connectivity index (χ1n) is 9.88. The highest BCUT2D eigenvalue weighted by atomic mass is 16.1. The van der Waals surface area contributed by atoms with Crippen LogP contribution in [0.2, 0.25) is 0 Å². The van der Waals surface area contributed by atoms with E-state index in [4.69, 9.17) is 0 Å². The molecule has 2 aromatic heterocycles. The molecule has 144 valence electrons. The summed E-state index contributed by atoms with van der Waals surface area (Å²) in [5.74, 6) is 0.940. The van der Waals surface area contributed by atoms with Crippen molar-refractivity contribution < 1.29 is 4.79 Å². The highest BCUT2D eigenvalue weighted by Gasteiger charge is 2.11. The summed E-state index contributed by atoms with van der Waals surface area (Å²) in [6, 6.07) is 13.4. The lowest BCUT2D eigenvalue weighted by molar-refractivity contribution is 0.0951. The van der Waals surface area contributed by atoms with Crippen LogP contribution >= 0.6 is 0 Å². The van der Waals surface area contributed by atoms with Gasteiger partial charge in [0.15, 0.2) is 0 Å². The summed E-state index contributed by atoms with van der Waals surface area (Å²) in [6.45, 7) is 2.63. The van der Waals surface area contributed by atoms with Crippen molar-refractivity contribution in [2.75, 3.05) is 18.0 Å². The number of benzene rings is 1. The second-order valence-corrected chi connectivity index (χ2v) is 7.11. The molecular formula is C22H25N5O. The molecule has 0 atom stereocenters. The van der Waals surface area contributed by atoms with Crippen LogP contribution in [0.5, 0.6) is 0 Å². The smallest absolute Gasteiger partial charge is 0.251 e. The molecule has 6 heteroatoms. The molecule has 1 aromatic carbocycles. The Morgan fingerprint density at radius 3 is 2.43 bits per heavy atom. The minimum Gasteiger partial charge on any atom is -0.357 e. The maximum Gasteiger partial charge on any atom is 0.251 e. The number of nitrogens with one attached hydrogen (secondary N) is 1. The molecule has 1 saturated heterocycles. The van der Waals surface area contributed by atoms with Gasteiger partial charge in [0.05, 0.1) is 5.69 Å². The summed E-state index contributed by atoms with van der Waals surface area (Å²) in [7, 11) is 0. The van der Waals surface area contributed by atoms with Crippen molar-refractivity contribution in [3.63, 3.8) is 0 Å². The van der Waals surface area contributed by atoms with Gasteiger partial charge in [-0.3, -0.25) is 4.79 Å². The van der Waals surface area contributed by atoms with Crippen molar-refractivity contribution in [3.05, 3.63) is 72.2 Å². The Morgan fingerprint density at radius 1 is 1.00 bits per heavy atom. The molecule has 3 aromatic rings. The number of nitrogens with zero attached hydrogens (tertiary/aromatic N) is 4. The zero-order valence-corrected chi connectivity index (χ0v) is 15.9. The van der Waals surface area contributed by atoms with Gasteiger partial charge < -0.3 is 10.2 Å². The van der Waals surface area contributed by atoms with Gasteiger partial charge in [-0.25, -0.2) is 9.67 Å². The van der Waals surface area contributed by atoms with Gasteiger partial charge in [-0.1, -0.05) is 18.9 Å². The number of hydrogen-bond donors (Lipinski definition) is 1. The average Bonchev–Trinajstić information content (AvgIpc) is 3.15. The van der Waals surface area contributed by atoms with Crippen molar-refractivity contribution in [2.24, 2.45) is 0 Å². The van der Waals surface area contributed by atoms with Crippen molar-refractivity contribution in [1.29, 1.82) is 0 Å². The topological polar surface area (TPSA) is 63.1 Å². The van der Waals surface area contributed by atoms with Crippen LogP contribution in [-0.2, 0) is 6.54 Å². The number of carbonyl (C=O) groups excluding carboxylic acids is 1. The number of amides is 1. The number of hydrogen-bond acceptors (Lipinski definition) is 4. The second kappa shape index (κ2) is 8.69. The van der Waals surface area contributed by atoms with Crippen molar-refractivity contribution in [1.82, 2.24) is 20.1 Å². The van der Waals surface area contributed by atoms with Gasteiger partial charge in [-0.2, -0.15) is 5.10 Å². The number of pyridine rings is 1. The SMILES string of the molecule is O=C(NCc1ccc(N2CCCCCC2)nc1)c1ccc(-n2cccn2)cc1. The normalized spacial score (nSPS) is 14.5. The van der Waals surface area contributed by atoms with E-state index in [0.717, 1.165) is 30.2 Å². The predicted octanol–water partition coefficient (Wildman–Crippen LogP) is 3.58. The zero-order valence-electron chi connectivity index (χ0n) is 15.9. The number of aromatic nitrogens is 3. The average molecular weight is 375 g/mol. The Bertz CT molecular complexity index is 880. The Morgan fingerprint density at radius 2 is 1.79 bits per heavy atom. The molecule has 6 nitrogen and oxygen atoms in total. The summed E-state index contributed by atoms with van der Waals surface area (Å²) >= 11 is 0. The molecule has 0 unspecified atom stereocenters. The van der Waals surface area contributed by atoms with E-state index in [1.165, 1.54) is 25.7 Å². The lowest BCUT2D eigenvalue weighted by Crippen LogP contribution is -2.25. The second-order valence-electron chi connectivity index (χ2n) is 7.11. The highest BCUT2D eigenvalue weighted by molar-refractivity contribution is 5.94. The molecule has 1 aliphatic rings. The minimum absolute atomic E-state index is 0.0939. The van der Waals surface area contributed by atoms with E-state index in [-0.39, 0.29) is 5.91 Å².